The third-order valence-electron chi connectivity index (χ3n) is 2.78. The molecule has 2 aromatic rings. The molecule has 2 heterocycles. The van der Waals surface area contributed by atoms with E-state index in [9.17, 15) is 29.4 Å². The van der Waals surface area contributed by atoms with Crippen LogP contribution in [-0.2, 0) is 0 Å². The van der Waals surface area contributed by atoms with Crippen molar-refractivity contribution in [1.82, 2.24) is 0 Å². The first kappa shape index (κ1) is 23.1. The van der Waals surface area contributed by atoms with Crippen molar-refractivity contribution in [2.24, 2.45) is 0 Å². The SMILES string of the molecule is CC(=O)c1c([O-])cc(C)oc1=O.CC(=O)c1c([O-])cc(C)oc1=O.[Ca+2]. The summed E-state index contributed by atoms with van der Waals surface area (Å²) < 4.78 is 9.15. The van der Waals surface area contributed by atoms with Gasteiger partial charge in [-0.2, -0.15) is 0 Å². The Bertz CT molecular complexity index is 832. The van der Waals surface area contributed by atoms with Crippen LogP contribution in [0.4, 0.5) is 0 Å². The van der Waals surface area contributed by atoms with Crippen molar-refractivity contribution in [2.75, 3.05) is 0 Å². The second-order valence-electron chi connectivity index (χ2n) is 4.88. The molecule has 0 saturated carbocycles. The maximum absolute atomic E-state index is 11.0. The van der Waals surface area contributed by atoms with Crippen molar-refractivity contribution >= 4 is 49.3 Å². The minimum atomic E-state index is -0.854. The molecule has 128 valence electrons. The average Bonchev–Trinajstić information content (AvgIpc) is 2.35. The fourth-order valence-electron chi connectivity index (χ4n) is 1.80. The number of carbonyl (C=O) groups is 2. The number of hydrogen-bond acceptors (Lipinski definition) is 8. The zero-order valence-electron chi connectivity index (χ0n) is 14.1. The number of hydrogen-bond donors (Lipinski definition) is 0. The van der Waals surface area contributed by atoms with E-state index in [0.29, 0.717) is 0 Å². The molecule has 9 heteroatoms. The Labute approximate surface area is 172 Å². The zero-order valence-corrected chi connectivity index (χ0v) is 16.3. The fraction of sp³-hybridized carbons (Fsp3) is 0.250. The predicted molar refractivity (Wildman–Crippen MR) is 84.1 cm³/mol. The van der Waals surface area contributed by atoms with Gasteiger partial charge in [0, 0.05) is 0 Å². The molecule has 0 unspecified atom stereocenters. The third kappa shape index (κ3) is 6.15. The van der Waals surface area contributed by atoms with Crippen molar-refractivity contribution in [1.29, 1.82) is 0 Å². The molecular weight excluding hydrogens is 360 g/mol. The quantitative estimate of drug-likeness (QED) is 0.531. The maximum Gasteiger partial charge on any atom is 2.00 e. The topological polar surface area (TPSA) is 141 Å². The van der Waals surface area contributed by atoms with E-state index in [1.807, 2.05) is 0 Å². The van der Waals surface area contributed by atoms with E-state index in [2.05, 4.69) is 8.83 Å². The van der Waals surface area contributed by atoms with Crippen LogP contribution >= 0.6 is 0 Å². The van der Waals surface area contributed by atoms with Gasteiger partial charge in [0.05, 0.1) is 11.1 Å². The largest absolute Gasteiger partial charge is 2.00 e. The average molecular weight is 374 g/mol. The summed E-state index contributed by atoms with van der Waals surface area (Å²) in [4.78, 5) is 43.3. The van der Waals surface area contributed by atoms with Crippen molar-refractivity contribution in [3.05, 3.63) is 55.6 Å². The summed E-state index contributed by atoms with van der Waals surface area (Å²) in [5.74, 6) is -1.83. The van der Waals surface area contributed by atoms with Crippen LogP contribution in [0, 0.1) is 13.8 Å². The molecule has 0 aliphatic heterocycles. The van der Waals surface area contributed by atoms with Gasteiger partial charge in [-0.25, -0.2) is 9.59 Å². The Morgan fingerprint density at radius 2 is 1.08 bits per heavy atom. The van der Waals surface area contributed by atoms with Crippen molar-refractivity contribution < 1.29 is 28.6 Å². The van der Waals surface area contributed by atoms with Gasteiger partial charge in [0.25, 0.3) is 0 Å². The van der Waals surface area contributed by atoms with Crippen molar-refractivity contribution in [3.63, 3.8) is 0 Å². The van der Waals surface area contributed by atoms with Crippen LogP contribution in [0.25, 0.3) is 0 Å². The van der Waals surface area contributed by atoms with Gasteiger partial charge in [-0.05, 0) is 39.8 Å². The predicted octanol–water partition coefficient (Wildman–Crippen LogP) is 0.0680. The summed E-state index contributed by atoms with van der Waals surface area (Å²) in [5, 5.41) is 22.0. The summed E-state index contributed by atoms with van der Waals surface area (Å²) >= 11 is 0. The summed E-state index contributed by atoms with van der Waals surface area (Å²) in [6, 6.07) is 2.25. The minimum absolute atomic E-state index is 0. The summed E-state index contributed by atoms with van der Waals surface area (Å²) in [7, 11) is 0. The molecule has 25 heavy (non-hydrogen) atoms. The first-order chi connectivity index (χ1) is 11.0. The van der Waals surface area contributed by atoms with Crippen molar-refractivity contribution in [2.45, 2.75) is 27.7 Å². The number of Topliss-reactive ketones (excluding diaryl/α,β-unsaturated/α-hetero) is 2. The second-order valence-corrected chi connectivity index (χ2v) is 4.88. The van der Waals surface area contributed by atoms with E-state index in [0.717, 1.165) is 26.0 Å². The fourth-order valence-corrected chi connectivity index (χ4v) is 1.80. The van der Waals surface area contributed by atoms with E-state index >= 15 is 0 Å². The van der Waals surface area contributed by atoms with Crippen LogP contribution in [0.1, 0.15) is 46.1 Å². The van der Waals surface area contributed by atoms with Gasteiger partial charge in [-0.1, -0.05) is 11.5 Å². The van der Waals surface area contributed by atoms with E-state index in [-0.39, 0.29) is 49.3 Å². The normalized spacial score (nSPS) is 9.44. The number of rotatable bonds is 2. The van der Waals surface area contributed by atoms with Crippen LogP contribution < -0.4 is 21.5 Å². The molecule has 0 fully saturated rings. The van der Waals surface area contributed by atoms with Crippen LogP contribution in [-0.4, -0.2) is 49.3 Å². The summed E-state index contributed by atoms with van der Waals surface area (Å²) in [6.45, 7) is 5.27. The molecule has 0 aromatic carbocycles. The monoisotopic (exact) mass is 374 g/mol. The second kappa shape index (κ2) is 9.55. The Kier molecular flexibility index (Phi) is 8.82. The molecule has 0 aliphatic carbocycles. The molecule has 0 aliphatic rings. The van der Waals surface area contributed by atoms with Crippen LogP contribution in [0.3, 0.4) is 0 Å². The van der Waals surface area contributed by atoms with Gasteiger partial charge < -0.3 is 19.0 Å². The minimum Gasteiger partial charge on any atom is -0.872 e. The van der Waals surface area contributed by atoms with Gasteiger partial charge in [0.2, 0.25) is 0 Å². The number of ketones is 2. The van der Waals surface area contributed by atoms with Crippen LogP contribution in [0.5, 0.6) is 11.5 Å². The number of carbonyl (C=O) groups excluding carboxylic acids is 2. The molecule has 0 radical (unpaired) electrons. The van der Waals surface area contributed by atoms with Gasteiger partial charge in [0.1, 0.15) is 11.5 Å². The van der Waals surface area contributed by atoms with Crippen molar-refractivity contribution in [3.8, 4) is 11.5 Å². The summed E-state index contributed by atoms with van der Waals surface area (Å²) in [6.07, 6.45) is 0. The third-order valence-corrected chi connectivity index (χ3v) is 2.78. The Morgan fingerprint density at radius 1 is 0.800 bits per heavy atom. The van der Waals surface area contributed by atoms with E-state index in [1.54, 1.807) is 0 Å². The molecule has 0 saturated heterocycles. The zero-order chi connectivity index (χ0) is 18.6. The first-order valence-electron chi connectivity index (χ1n) is 6.70. The van der Waals surface area contributed by atoms with E-state index in [1.165, 1.54) is 13.8 Å². The van der Waals surface area contributed by atoms with Crippen LogP contribution in [0.15, 0.2) is 30.6 Å². The van der Waals surface area contributed by atoms with Gasteiger partial charge in [0.15, 0.2) is 11.6 Å². The molecule has 0 bridgehead atoms. The maximum atomic E-state index is 11.0. The Hall–Kier alpha value is -1.90. The smallest absolute Gasteiger partial charge is 0.872 e. The molecular formula is C16H14CaO8. The van der Waals surface area contributed by atoms with E-state index < -0.39 is 45.4 Å². The molecule has 8 nitrogen and oxygen atoms in total. The molecule has 0 N–H and O–H groups in total. The molecule has 0 spiro atoms. The Balaban J connectivity index is 0.000000443. The van der Waals surface area contributed by atoms with Crippen LogP contribution in [0.2, 0.25) is 0 Å². The van der Waals surface area contributed by atoms with Gasteiger partial charge >= 0.3 is 49.0 Å². The Morgan fingerprint density at radius 3 is 1.28 bits per heavy atom. The molecule has 2 rings (SSSR count). The molecule has 0 atom stereocenters. The number of aryl methyl sites for hydroxylation is 2. The van der Waals surface area contributed by atoms with E-state index in [4.69, 9.17) is 0 Å². The summed E-state index contributed by atoms with van der Waals surface area (Å²) in [5.41, 5.74) is -2.51. The van der Waals surface area contributed by atoms with Gasteiger partial charge in [-0.3, -0.25) is 9.59 Å². The molecule has 0 amide bonds. The van der Waals surface area contributed by atoms with Gasteiger partial charge in [-0.15, -0.1) is 0 Å². The molecule has 2 aromatic heterocycles. The first-order valence-corrected chi connectivity index (χ1v) is 6.70. The standard InChI is InChI=1S/2C8H8O4.Ca/c2*1-4-3-6(10)7(5(2)9)8(11)12-4;/h2*3,10H,1-2H3;/q;;+2/p-2.